The molecule has 0 saturated carbocycles. The number of alkyl halides is 3. The van der Waals surface area contributed by atoms with E-state index in [-0.39, 0.29) is 25.9 Å². The fraction of sp³-hybridized carbons (Fsp3) is 0.529. The van der Waals surface area contributed by atoms with Gasteiger partial charge in [-0.15, -0.1) is 0 Å². The van der Waals surface area contributed by atoms with Gasteiger partial charge in [-0.3, -0.25) is 4.79 Å². The Hall–Kier alpha value is -1.85. The minimum absolute atomic E-state index is 0.0846. The number of hydrogen-bond donors (Lipinski definition) is 0. The molecule has 1 heterocycles. The Balaban J connectivity index is 2.09. The number of benzene rings is 1. The number of rotatable bonds is 5. The van der Waals surface area contributed by atoms with Crippen molar-refractivity contribution in [3.63, 3.8) is 0 Å². The van der Waals surface area contributed by atoms with Crippen molar-refractivity contribution >= 4 is 33.6 Å². The number of carbonyl (C=O) groups excluding carboxylic acids is 2. The SMILES string of the molecule is COC(=O)C(C)OC(=O)C1CCN(S(=O)(=O)c2ccc(Cl)c(C(F)(F)F)c2)CC1. The van der Waals surface area contributed by atoms with Crippen LogP contribution in [-0.2, 0) is 35.3 Å². The van der Waals surface area contributed by atoms with Crippen molar-refractivity contribution in [2.75, 3.05) is 20.2 Å². The molecule has 29 heavy (non-hydrogen) atoms. The summed E-state index contributed by atoms with van der Waals surface area (Å²) in [7, 11) is -3.05. The van der Waals surface area contributed by atoms with Crippen molar-refractivity contribution < 1.29 is 40.7 Å². The van der Waals surface area contributed by atoms with E-state index in [1.165, 1.54) is 6.92 Å². The number of hydrogen-bond acceptors (Lipinski definition) is 6. The molecule has 0 spiro atoms. The predicted octanol–water partition coefficient (Wildman–Crippen LogP) is 2.86. The summed E-state index contributed by atoms with van der Waals surface area (Å²) in [6, 6.07) is 2.39. The molecule has 1 atom stereocenters. The number of nitrogens with zero attached hydrogens (tertiary/aromatic N) is 1. The smallest absolute Gasteiger partial charge is 0.417 e. The first-order valence-corrected chi connectivity index (χ1v) is 10.3. The van der Waals surface area contributed by atoms with Crippen LogP contribution in [0.15, 0.2) is 23.1 Å². The van der Waals surface area contributed by atoms with Gasteiger partial charge in [0.15, 0.2) is 6.10 Å². The molecule has 0 bridgehead atoms. The number of ether oxygens (including phenoxy) is 2. The number of halogens is 4. The van der Waals surface area contributed by atoms with Gasteiger partial charge in [-0.25, -0.2) is 13.2 Å². The van der Waals surface area contributed by atoms with Gasteiger partial charge >= 0.3 is 18.1 Å². The summed E-state index contributed by atoms with van der Waals surface area (Å²) in [5.41, 5.74) is -1.24. The lowest BCUT2D eigenvalue weighted by Crippen LogP contribution is -2.41. The van der Waals surface area contributed by atoms with E-state index in [0.717, 1.165) is 23.5 Å². The Kier molecular flexibility index (Phi) is 7.18. The number of piperidine rings is 1. The lowest BCUT2D eigenvalue weighted by Gasteiger charge is -2.30. The molecule has 1 unspecified atom stereocenters. The molecule has 2 rings (SSSR count). The Morgan fingerprint density at radius 1 is 1.24 bits per heavy atom. The molecule has 12 heteroatoms. The Morgan fingerprint density at radius 3 is 2.34 bits per heavy atom. The van der Waals surface area contributed by atoms with Crippen LogP contribution in [0, 0.1) is 5.92 Å². The summed E-state index contributed by atoms with van der Waals surface area (Å²) >= 11 is 5.53. The van der Waals surface area contributed by atoms with Crippen LogP contribution in [-0.4, -0.2) is 51.0 Å². The largest absolute Gasteiger partial charge is 0.466 e. The molecule has 0 N–H and O–H groups in total. The van der Waals surface area contributed by atoms with E-state index in [2.05, 4.69) is 4.74 Å². The summed E-state index contributed by atoms with van der Waals surface area (Å²) < 4.78 is 74.9. The Morgan fingerprint density at radius 2 is 1.83 bits per heavy atom. The molecule has 0 radical (unpaired) electrons. The van der Waals surface area contributed by atoms with Crippen molar-refractivity contribution in [2.45, 2.75) is 36.9 Å². The summed E-state index contributed by atoms with van der Waals surface area (Å²) in [5.74, 6) is -2.02. The second-order valence-corrected chi connectivity index (χ2v) is 8.77. The maximum absolute atomic E-state index is 13.0. The van der Waals surface area contributed by atoms with Gasteiger partial charge in [0.05, 0.1) is 28.5 Å². The van der Waals surface area contributed by atoms with E-state index in [9.17, 15) is 31.2 Å². The molecule has 1 aliphatic rings. The zero-order chi connectivity index (χ0) is 22.0. The standard InChI is InChI=1S/C17H19ClF3NO6S/c1-10(15(23)27-2)28-16(24)11-5-7-22(8-6-11)29(25,26)12-3-4-14(18)13(9-12)17(19,20)21/h3-4,9-11H,5-8H2,1-2H3. The normalized spacial score (nSPS) is 17.6. The monoisotopic (exact) mass is 457 g/mol. The molecule has 1 saturated heterocycles. The summed E-state index contributed by atoms with van der Waals surface area (Å²) in [6.07, 6.45) is -5.68. The highest BCUT2D eigenvalue weighted by molar-refractivity contribution is 7.89. The lowest BCUT2D eigenvalue weighted by molar-refractivity contribution is -0.168. The van der Waals surface area contributed by atoms with E-state index >= 15 is 0 Å². The highest BCUT2D eigenvalue weighted by atomic mass is 35.5. The quantitative estimate of drug-likeness (QED) is 0.631. The molecule has 0 aromatic heterocycles. The van der Waals surface area contributed by atoms with E-state index in [1.54, 1.807) is 0 Å². The number of carbonyl (C=O) groups is 2. The van der Waals surface area contributed by atoms with Crippen molar-refractivity contribution in [1.82, 2.24) is 4.31 Å². The molecular formula is C17H19ClF3NO6S. The average molecular weight is 458 g/mol. The van der Waals surface area contributed by atoms with Crippen LogP contribution in [0.3, 0.4) is 0 Å². The highest BCUT2D eigenvalue weighted by Gasteiger charge is 2.37. The third-order valence-corrected chi connectivity index (χ3v) is 6.72. The predicted molar refractivity (Wildman–Crippen MR) is 95.5 cm³/mol. The first-order valence-electron chi connectivity index (χ1n) is 8.53. The van der Waals surface area contributed by atoms with Crippen LogP contribution in [0.5, 0.6) is 0 Å². The summed E-state index contributed by atoms with van der Waals surface area (Å²) in [4.78, 5) is 22.9. The first kappa shape index (κ1) is 23.4. The number of methoxy groups -OCH3 is 1. The van der Waals surface area contributed by atoms with Crippen LogP contribution in [0.2, 0.25) is 5.02 Å². The van der Waals surface area contributed by atoms with Gasteiger partial charge < -0.3 is 9.47 Å². The Labute approximate surface area is 170 Å². The zero-order valence-electron chi connectivity index (χ0n) is 15.5. The molecule has 1 fully saturated rings. The molecule has 1 aliphatic heterocycles. The highest BCUT2D eigenvalue weighted by Crippen LogP contribution is 2.36. The molecular weight excluding hydrogens is 439 g/mol. The minimum atomic E-state index is -4.80. The fourth-order valence-electron chi connectivity index (χ4n) is 2.85. The lowest BCUT2D eigenvalue weighted by atomic mass is 9.98. The van der Waals surface area contributed by atoms with Gasteiger partial charge in [-0.1, -0.05) is 11.6 Å². The fourth-order valence-corrected chi connectivity index (χ4v) is 4.57. The van der Waals surface area contributed by atoms with Crippen molar-refractivity contribution in [2.24, 2.45) is 5.92 Å². The van der Waals surface area contributed by atoms with Gasteiger partial charge in [-0.2, -0.15) is 17.5 Å². The number of sulfonamides is 1. The first-order chi connectivity index (χ1) is 13.4. The third-order valence-electron chi connectivity index (χ3n) is 4.49. The zero-order valence-corrected chi connectivity index (χ0v) is 17.1. The molecule has 7 nitrogen and oxygen atoms in total. The maximum atomic E-state index is 13.0. The van der Waals surface area contributed by atoms with Crippen LogP contribution in [0.25, 0.3) is 0 Å². The molecule has 0 aliphatic carbocycles. The van der Waals surface area contributed by atoms with Gasteiger partial charge in [0.2, 0.25) is 10.0 Å². The molecule has 1 aromatic carbocycles. The molecule has 162 valence electrons. The van der Waals surface area contributed by atoms with E-state index < -0.39 is 55.6 Å². The molecule has 0 amide bonds. The van der Waals surface area contributed by atoms with Gasteiger partial charge in [0, 0.05) is 13.1 Å². The minimum Gasteiger partial charge on any atom is -0.466 e. The second kappa shape index (κ2) is 8.88. The van der Waals surface area contributed by atoms with E-state index in [0.29, 0.717) is 6.07 Å². The van der Waals surface area contributed by atoms with E-state index in [1.807, 2.05) is 0 Å². The van der Waals surface area contributed by atoms with Crippen LogP contribution in [0.4, 0.5) is 13.2 Å². The van der Waals surface area contributed by atoms with Crippen molar-refractivity contribution in [3.05, 3.63) is 28.8 Å². The summed E-state index contributed by atoms with van der Waals surface area (Å²) in [6.45, 7) is 1.18. The van der Waals surface area contributed by atoms with Crippen molar-refractivity contribution in [3.8, 4) is 0 Å². The molecule has 1 aromatic rings. The maximum Gasteiger partial charge on any atom is 0.417 e. The van der Waals surface area contributed by atoms with Gasteiger partial charge in [-0.05, 0) is 38.0 Å². The van der Waals surface area contributed by atoms with Gasteiger partial charge in [0.1, 0.15) is 0 Å². The topological polar surface area (TPSA) is 90.0 Å². The Bertz CT molecular complexity index is 882. The van der Waals surface area contributed by atoms with Crippen LogP contribution in [0.1, 0.15) is 25.3 Å². The second-order valence-electron chi connectivity index (χ2n) is 6.42. The van der Waals surface area contributed by atoms with Crippen LogP contribution < -0.4 is 0 Å². The van der Waals surface area contributed by atoms with Gasteiger partial charge in [0.25, 0.3) is 0 Å². The van der Waals surface area contributed by atoms with Crippen molar-refractivity contribution in [1.29, 1.82) is 0 Å². The van der Waals surface area contributed by atoms with E-state index in [4.69, 9.17) is 16.3 Å². The summed E-state index contributed by atoms with van der Waals surface area (Å²) in [5, 5.41) is -0.599. The average Bonchev–Trinajstić information content (AvgIpc) is 2.66. The van der Waals surface area contributed by atoms with Crippen LogP contribution >= 0.6 is 11.6 Å². The third kappa shape index (κ3) is 5.40. The number of esters is 2.